The smallest absolute Gasteiger partial charge is 0.254 e. The van der Waals surface area contributed by atoms with E-state index in [0.29, 0.717) is 74.4 Å². The van der Waals surface area contributed by atoms with Crippen molar-refractivity contribution >= 4 is 0 Å². The molecule has 0 amide bonds. The van der Waals surface area contributed by atoms with E-state index in [1.54, 1.807) is 13.8 Å². The third-order valence-electron chi connectivity index (χ3n) is 38.1. The highest BCUT2D eigenvalue weighted by atomic mass is 19.3. The summed E-state index contributed by atoms with van der Waals surface area (Å²) >= 11 is 0. The van der Waals surface area contributed by atoms with Crippen molar-refractivity contribution in [3.05, 3.63) is 0 Å². The van der Waals surface area contributed by atoms with Crippen molar-refractivity contribution in [2.75, 3.05) is 111 Å². The summed E-state index contributed by atoms with van der Waals surface area (Å²) in [4.78, 5) is 28.6. The molecule has 10 aliphatic carbocycles. The molecule has 6 atom stereocenters. The summed E-state index contributed by atoms with van der Waals surface area (Å²) in [5.74, 6) is 3.60. The van der Waals surface area contributed by atoms with E-state index in [0.717, 1.165) is 128 Å². The van der Waals surface area contributed by atoms with Crippen LogP contribution < -0.4 is 0 Å². The van der Waals surface area contributed by atoms with Crippen LogP contribution >= 0.6 is 0 Å². The molecule has 129 heavy (non-hydrogen) atoms. The van der Waals surface area contributed by atoms with Gasteiger partial charge in [-0.3, -0.25) is 53.9 Å². The second-order valence-corrected chi connectivity index (χ2v) is 59.9. The molecule has 0 N–H and O–H groups in total. The third kappa shape index (κ3) is 27.3. The van der Waals surface area contributed by atoms with Gasteiger partial charge in [0, 0.05) is 192 Å². The Morgan fingerprint density at radius 1 is 0.240 bits per heavy atom. The van der Waals surface area contributed by atoms with Gasteiger partial charge < -0.3 is 0 Å². The highest BCUT2D eigenvalue weighted by Gasteiger charge is 2.71. The molecule has 0 aromatic heterocycles. The molecular formula is C114H213F4N11. The minimum atomic E-state index is -2.35. The number of halogens is 4. The number of nitrogens with zero attached hydrogens (tertiary/aromatic N) is 11. The predicted molar refractivity (Wildman–Crippen MR) is 543 cm³/mol. The van der Waals surface area contributed by atoms with Gasteiger partial charge in [0.15, 0.2) is 0 Å². The fraction of sp³-hybridized carbons (Fsp3) is 1.00. The molecule has 24 fully saturated rings. The highest BCUT2D eigenvalue weighted by Crippen LogP contribution is 2.67. The van der Waals surface area contributed by atoms with Gasteiger partial charge in [-0.1, -0.05) is 12.8 Å². The average Bonchev–Trinajstić information content (AvgIpc) is 1.68. The zero-order valence-corrected chi connectivity index (χ0v) is 91.8. The summed E-state index contributed by atoms with van der Waals surface area (Å²) in [7, 11) is 0. The first-order chi connectivity index (χ1) is 58.8. The molecule has 11 nitrogen and oxygen atoms in total. The van der Waals surface area contributed by atoms with E-state index in [2.05, 4.69) is 282 Å². The van der Waals surface area contributed by atoms with Gasteiger partial charge in [-0.2, -0.15) is 0 Å². The minimum absolute atomic E-state index is 0.131. The van der Waals surface area contributed by atoms with E-state index < -0.39 is 22.7 Å². The molecule has 0 radical (unpaired) electrons. The Hall–Kier alpha value is -0.720. The van der Waals surface area contributed by atoms with Crippen molar-refractivity contribution in [2.24, 2.45) is 68.5 Å². The molecule has 24 rings (SSSR count). The van der Waals surface area contributed by atoms with E-state index in [-0.39, 0.29) is 23.0 Å². The van der Waals surface area contributed by atoms with Gasteiger partial charge in [-0.05, 0) is 507 Å². The fourth-order valence-corrected chi connectivity index (χ4v) is 28.3. The minimum Gasteiger partial charge on any atom is -0.298 e. The van der Waals surface area contributed by atoms with Crippen LogP contribution in [0, 0.1) is 68.5 Å². The molecule has 15 heteroatoms. The number of fused-ring (bicyclic) bond motifs is 10. The van der Waals surface area contributed by atoms with Crippen LogP contribution in [-0.4, -0.2) is 274 Å². The van der Waals surface area contributed by atoms with E-state index in [9.17, 15) is 17.6 Å². The van der Waals surface area contributed by atoms with Crippen LogP contribution in [0.15, 0.2) is 0 Å². The molecular weight excluding hydrogens is 1600 g/mol. The maximum absolute atomic E-state index is 13.4. The first-order valence-corrected chi connectivity index (χ1v) is 54.9. The molecule has 10 saturated carbocycles. The number of alkyl halides is 4. The van der Waals surface area contributed by atoms with Crippen LogP contribution in [0.3, 0.4) is 0 Å². The second-order valence-electron chi connectivity index (χ2n) is 59.9. The van der Waals surface area contributed by atoms with Gasteiger partial charge in [0.05, 0.1) is 0 Å². The number of hydrogen-bond donors (Lipinski definition) is 0. The Balaban J connectivity index is 0.000000129. The van der Waals surface area contributed by atoms with Crippen LogP contribution in [0.2, 0.25) is 0 Å². The Labute approximate surface area is 796 Å². The van der Waals surface area contributed by atoms with Crippen LogP contribution in [0.25, 0.3) is 0 Å². The van der Waals surface area contributed by atoms with Crippen molar-refractivity contribution in [1.29, 1.82) is 0 Å². The van der Waals surface area contributed by atoms with E-state index >= 15 is 0 Å². The molecule has 14 aliphatic heterocycles. The monoisotopic (exact) mass is 1810 g/mol. The number of rotatable bonds is 0. The van der Waals surface area contributed by atoms with Crippen molar-refractivity contribution in [3.8, 4) is 0 Å². The first-order valence-electron chi connectivity index (χ1n) is 54.9. The Kier molecular flexibility index (Phi) is 31.8. The van der Waals surface area contributed by atoms with Crippen LogP contribution in [-0.2, 0) is 0 Å². The number of hydrogen-bond acceptors (Lipinski definition) is 11. The summed E-state index contributed by atoms with van der Waals surface area (Å²) < 4.78 is 52.9. The Morgan fingerprint density at radius 2 is 0.550 bits per heavy atom. The van der Waals surface area contributed by atoms with Crippen LogP contribution in [0.5, 0.6) is 0 Å². The van der Waals surface area contributed by atoms with Gasteiger partial charge in [0.2, 0.25) is 0 Å². The fourth-order valence-electron chi connectivity index (χ4n) is 28.3. The van der Waals surface area contributed by atoms with Crippen molar-refractivity contribution < 1.29 is 17.6 Å². The standard InChI is InChI=1S/C12H23N.C11H19F2N.C11H20FN.2C11H21N.C10H18FN.3C10H19N.2C9H17N/c1-11(2,3)13-9-8-12(10-13)6-4-5-7-12;1-9(2,3)14-6-4-10(5-7-14)8-11(10,12)13;1-9(2,3)13-7-11(8-13)5-10(4,12)6-11;1-11(2,3)12-8-9-4-6-10(12)7-5-9;1-10(2,3)12-8-6-11(4-5-11)7-9-12;1-9(2,3)12-5-7-8(6-12)10(7,4)11;1-10(2,3)11-7-8-4-5-9(11)6-8;1-9(2,3)11-7-6-10(8-11)4-5-10;1-10(2,3)11-8-4-5-9(11)7-6-8;1-9(2,3)10-5-7-4-8(7)6-10;1-9(2,3)10-6-7-4-8(10)5-7/h4-10H2,1-3H3;4-8H2,1-3H3;5-8H2,1-4H3;9-10H,4-8H2,1-3H3;4-9H2,1-3H3;7-8H,5-6H2,1-4H3;8-9H,4-7H2,1-3H3;4-8H2,1-3H3;8-9H,4-7H2,1-3H3;2*7-8H,4-6H2,1-3H3. The summed E-state index contributed by atoms with van der Waals surface area (Å²) in [5, 5.41) is 0. The summed E-state index contributed by atoms with van der Waals surface area (Å²) in [6.07, 6.45) is 41.6. The van der Waals surface area contributed by atoms with E-state index in [4.69, 9.17) is 0 Å². The third-order valence-corrected chi connectivity index (χ3v) is 38.1. The molecule has 6 unspecified atom stereocenters. The van der Waals surface area contributed by atoms with Gasteiger partial charge in [0.1, 0.15) is 11.3 Å². The second kappa shape index (κ2) is 38.3. The highest BCUT2D eigenvalue weighted by molar-refractivity contribution is 5.18. The van der Waals surface area contributed by atoms with Crippen molar-refractivity contribution in [2.45, 2.75) is 550 Å². The molecule has 8 bridgehead atoms. The lowest BCUT2D eigenvalue weighted by Gasteiger charge is -2.63. The summed E-state index contributed by atoms with van der Waals surface area (Å²) in [6, 6.07) is 4.65. The van der Waals surface area contributed by atoms with Crippen molar-refractivity contribution in [3.63, 3.8) is 0 Å². The first kappa shape index (κ1) is 107. The van der Waals surface area contributed by atoms with E-state index in [1.165, 1.54) is 239 Å². The van der Waals surface area contributed by atoms with Gasteiger partial charge in [-0.15, -0.1) is 0 Å². The molecule has 0 aromatic rings. The molecule has 752 valence electrons. The molecule has 5 spiro atoms. The SMILES string of the molecule is CC(C)(C)N1C2CCC1CC2.CC(C)(C)N1CC2CC1C2.CC(C)(C)N1CC2CC2C1.CC(C)(C)N1CC2CCC1C2.CC(C)(C)N1CC2CCC1CC2.CC(C)(C)N1CCC2(CC1)CC2.CC(C)(C)N1CCC2(CC1)CC2(F)F.CC(C)(C)N1CCC2(CC2)C1.CC(C)(C)N1CCC2(CCCC2)C1.CC1(F)C2CN(C(C)(C)C)CC21.CC1(F)CC2(CN(C(C)(C)C)C2)C1. The average molecular weight is 1810 g/mol. The van der Waals surface area contributed by atoms with E-state index in [1.807, 2.05) is 0 Å². The topological polar surface area (TPSA) is 35.6 Å². The van der Waals surface area contributed by atoms with Crippen LogP contribution in [0.1, 0.15) is 441 Å². The Bertz CT molecular complexity index is 3460. The quantitative estimate of drug-likeness (QED) is 0.218. The summed E-state index contributed by atoms with van der Waals surface area (Å²) in [6.45, 7) is 100. The molecule has 24 aliphatic rings. The zero-order valence-electron chi connectivity index (χ0n) is 91.8. The molecule has 0 aromatic carbocycles. The maximum atomic E-state index is 13.4. The molecule has 14 saturated heterocycles. The zero-order chi connectivity index (χ0) is 95.7. The lowest BCUT2D eigenvalue weighted by molar-refractivity contribution is -0.169. The van der Waals surface area contributed by atoms with Gasteiger partial charge in [0.25, 0.3) is 5.92 Å². The van der Waals surface area contributed by atoms with Gasteiger partial charge in [-0.25, -0.2) is 17.6 Å². The largest absolute Gasteiger partial charge is 0.298 e. The molecule has 14 heterocycles. The van der Waals surface area contributed by atoms with Gasteiger partial charge >= 0.3 is 0 Å². The predicted octanol–water partition coefficient (Wildman–Crippen LogP) is 26.5. The lowest BCUT2D eigenvalue weighted by Crippen LogP contribution is -2.69. The normalized spacial score (nSPS) is 35.3. The Morgan fingerprint density at radius 3 is 0.822 bits per heavy atom. The summed E-state index contributed by atoms with van der Waals surface area (Å²) in [5.41, 5.74) is 4.37. The van der Waals surface area contributed by atoms with Crippen molar-refractivity contribution in [1.82, 2.24) is 53.9 Å². The number of likely N-dealkylation sites (tertiary alicyclic amines) is 8. The maximum Gasteiger partial charge on any atom is 0.254 e. The number of piperidine rings is 7. The lowest BCUT2D eigenvalue weighted by atomic mass is 9.56. The van der Waals surface area contributed by atoms with Crippen LogP contribution in [0.4, 0.5) is 17.6 Å².